The molecule has 0 amide bonds. The Morgan fingerprint density at radius 2 is 1.62 bits per heavy atom. The van der Waals surface area contributed by atoms with Gasteiger partial charge in [0, 0.05) is 5.56 Å². The molecule has 0 saturated heterocycles. The number of para-hydroxylation sites is 2. The number of hydrogen-bond acceptors (Lipinski definition) is 3. The van der Waals surface area contributed by atoms with Crippen molar-refractivity contribution in [2.24, 2.45) is 0 Å². The van der Waals surface area contributed by atoms with Crippen molar-refractivity contribution in [1.29, 1.82) is 0 Å². The molecule has 3 nitrogen and oxygen atoms in total. The highest BCUT2D eigenvalue weighted by molar-refractivity contribution is 5.36. The van der Waals surface area contributed by atoms with Gasteiger partial charge >= 0.3 is 0 Å². The normalized spacial score (nSPS) is 12.2. The largest absolute Gasteiger partial charge is 0.492 e. The summed E-state index contributed by atoms with van der Waals surface area (Å²) >= 11 is 0. The van der Waals surface area contributed by atoms with Crippen LogP contribution in [0, 0.1) is 0 Å². The zero-order valence-electron chi connectivity index (χ0n) is 12.9. The monoisotopic (exact) mass is 285 g/mol. The first-order chi connectivity index (χ1) is 10.2. The van der Waals surface area contributed by atoms with Gasteiger partial charge in [0.1, 0.15) is 18.1 Å². The van der Waals surface area contributed by atoms with Gasteiger partial charge < -0.3 is 14.8 Å². The maximum absolute atomic E-state index is 5.88. The molecular formula is C18H23NO2. The van der Waals surface area contributed by atoms with Gasteiger partial charge in [-0.15, -0.1) is 0 Å². The Labute approximate surface area is 126 Å². The maximum Gasteiger partial charge on any atom is 0.124 e. The van der Waals surface area contributed by atoms with E-state index in [2.05, 4.69) is 11.4 Å². The average molecular weight is 285 g/mol. The van der Waals surface area contributed by atoms with Gasteiger partial charge in [-0.3, -0.25) is 0 Å². The van der Waals surface area contributed by atoms with Gasteiger partial charge in [0.05, 0.1) is 12.1 Å². The lowest BCUT2D eigenvalue weighted by Crippen LogP contribution is -2.24. The first-order valence-corrected chi connectivity index (χ1v) is 7.31. The summed E-state index contributed by atoms with van der Waals surface area (Å²) in [6.07, 6.45) is 0.152. The highest BCUT2D eigenvalue weighted by Crippen LogP contribution is 2.26. The van der Waals surface area contributed by atoms with E-state index in [0.717, 1.165) is 17.1 Å². The van der Waals surface area contributed by atoms with Crippen molar-refractivity contribution in [1.82, 2.24) is 5.32 Å². The Morgan fingerprint density at radius 3 is 2.29 bits per heavy atom. The van der Waals surface area contributed by atoms with Crippen LogP contribution in [-0.4, -0.2) is 19.8 Å². The second-order valence-corrected chi connectivity index (χ2v) is 5.17. The van der Waals surface area contributed by atoms with Crippen LogP contribution in [0.2, 0.25) is 0 Å². The van der Waals surface area contributed by atoms with Gasteiger partial charge in [0.15, 0.2) is 0 Å². The van der Waals surface area contributed by atoms with Crippen molar-refractivity contribution in [2.45, 2.75) is 26.0 Å². The van der Waals surface area contributed by atoms with Crippen molar-refractivity contribution >= 4 is 0 Å². The zero-order chi connectivity index (χ0) is 15.1. The van der Waals surface area contributed by atoms with Crippen LogP contribution in [0.4, 0.5) is 0 Å². The van der Waals surface area contributed by atoms with E-state index >= 15 is 0 Å². The molecule has 0 aromatic heterocycles. The van der Waals surface area contributed by atoms with Crippen LogP contribution in [0.25, 0.3) is 0 Å². The summed E-state index contributed by atoms with van der Waals surface area (Å²) in [6.45, 7) is 4.62. The highest BCUT2D eigenvalue weighted by Gasteiger charge is 2.15. The predicted molar refractivity (Wildman–Crippen MR) is 85.9 cm³/mol. The number of ether oxygens (including phenoxy) is 2. The molecule has 0 bridgehead atoms. The molecule has 2 rings (SSSR count). The Balaban J connectivity index is 2.10. The summed E-state index contributed by atoms with van der Waals surface area (Å²) in [4.78, 5) is 0. The van der Waals surface area contributed by atoms with Gasteiger partial charge in [-0.25, -0.2) is 0 Å². The van der Waals surface area contributed by atoms with Crippen molar-refractivity contribution in [2.75, 3.05) is 13.7 Å². The summed E-state index contributed by atoms with van der Waals surface area (Å²) in [5.41, 5.74) is 1.12. The lowest BCUT2D eigenvalue weighted by atomic mass is 10.1. The van der Waals surface area contributed by atoms with Crippen LogP contribution in [0.1, 0.15) is 25.5 Å². The highest BCUT2D eigenvalue weighted by atomic mass is 16.5. The Kier molecular flexibility index (Phi) is 5.64. The van der Waals surface area contributed by atoms with Gasteiger partial charge in [-0.2, -0.15) is 0 Å². The Hall–Kier alpha value is -2.00. The van der Waals surface area contributed by atoms with Gasteiger partial charge in [-0.1, -0.05) is 36.4 Å². The van der Waals surface area contributed by atoms with Crippen LogP contribution in [0.5, 0.6) is 11.5 Å². The molecule has 2 aromatic carbocycles. The van der Waals surface area contributed by atoms with E-state index < -0.39 is 0 Å². The third-order valence-electron chi connectivity index (χ3n) is 3.17. The average Bonchev–Trinajstić information content (AvgIpc) is 2.50. The van der Waals surface area contributed by atoms with Crippen molar-refractivity contribution in [3.8, 4) is 11.5 Å². The van der Waals surface area contributed by atoms with E-state index in [1.54, 1.807) is 0 Å². The molecular weight excluding hydrogens is 262 g/mol. The molecule has 1 atom stereocenters. The van der Waals surface area contributed by atoms with E-state index in [-0.39, 0.29) is 12.1 Å². The fourth-order valence-corrected chi connectivity index (χ4v) is 2.15. The van der Waals surface area contributed by atoms with Gasteiger partial charge in [0.2, 0.25) is 0 Å². The second kappa shape index (κ2) is 7.70. The second-order valence-electron chi connectivity index (χ2n) is 5.17. The first kappa shape index (κ1) is 15.4. The molecule has 0 fully saturated rings. The summed E-state index contributed by atoms with van der Waals surface area (Å²) in [5, 5.41) is 3.30. The van der Waals surface area contributed by atoms with Gasteiger partial charge in [0.25, 0.3) is 0 Å². The van der Waals surface area contributed by atoms with E-state index in [9.17, 15) is 0 Å². The minimum Gasteiger partial charge on any atom is -0.492 e. The number of benzene rings is 2. The standard InChI is InChI=1S/C18H23NO2/c1-14(2)21-18-12-8-7-11-16(18)17(19-3)13-20-15-9-5-4-6-10-15/h4-12,14,17,19H,13H2,1-3H3. The molecule has 0 heterocycles. The van der Waals surface area contributed by atoms with Crippen molar-refractivity contribution in [3.05, 3.63) is 60.2 Å². The zero-order valence-corrected chi connectivity index (χ0v) is 12.9. The summed E-state index contributed by atoms with van der Waals surface area (Å²) < 4.78 is 11.7. The van der Waals surface area contributed by atoms with E-state index in [4.69, 9.17) is 9.47 Å². The van der Waals surface area contributed by atoms with E-state index in [1.165, 1.54) is 0 Å². The van der Waals surface area contributed by atoms with E-state index in [1.807, 2.05) is 69.4 Å². The Morgan fingerprint density at radius 1 is 0.952 bits per heavy atom. The molecule has 0 spiro atoms. The third kappa shape index (κ3) is 4.50. The summed E-state index contributed by atoms with van der Waals surface area (Å²) in [7, 11) is 1.94. The molecule has 0 aliphatic rings. The van der Waals surface area contributed by atoms with E-state index in [0.29, 0.717) is 6.61 Å². The number of likely N-dealkylation sites (N-methyl/N-ethyl adjacent to an activating group) is 1. The van der Waals surface area contributed by atoms with Gasteiger partial charge in [-0.05, 0) is 39.1 Å². The molecule has 21 heavy (non-hydrogen) atoms. The SMILES string of the molecule is CNC(COc1ccccc1)c1ccccc1OC(C)C. The third-order valence-corrected chi connectivity index (χ3v) is 3.17. The molecule has 1 N–H and O–H groups in total. The topological polar surface area (TPSA) is 30.5 Å². The Bertz CT molecular complexity index is 540. The minimum atomic E-state index is 0.0835. The van der Waals surface area contributed by atoms with Crippen LogP contribution < -0.4 is 14.8 Å². The number of rotatable bonds is 7. The fourth-order valence-electron chi connectivity index (χ4n) is 2.15. The molecule has 3 heteroatoms. The fraction of sp³-hybridized carbons (Fsp3) is 0.333. The smallest absolute Gasteiger partial charge is 0.124 e. The molecule has 0 radical (unpaired) electrons. The molecule has 0 aliphatic heterocycles. The molecule has 0 saturated carbocycles. The minimum absolute atomic E-state index is 0.0835. The van der Waals surface area contributed by atoms with Crippen LogP contribution >= 0.6 is 0 Å². The molecule has 112 valence electrons. The van der Waals surface area contributed by atoms with Crippen LogP contribution in [0.3, 0.4) is 0 Å². The number of hydrogen-bond donors (Lipinski definition) is 1. The summed E-state index contributed by atoms with van der Waals surface area (Å²) in [6, 6.07) is 18.0. The lowest BCUT2D eigenvalue weighted by molar-refractivity contribution is 0.229. The molecule has 2 aromatic rings. The molecule has 0 aliphatic carbocycles. The number of nitrogens with one attached hydrogen (secondary N) is 1. The van der Waals surface area contributed by atoms with Crippen molar-refractivity contribution in [3.63, 3.8) is 0 Å². The quantitative estimate of drug-likeness (QED) is 0.839. The predicted octanol–water partition coefficient (Wildman–Crippen LogP) is 3.81. The summed E-state index contributed by atoms with van der Waals surface area (Å²) in [5.74, 6) is 1.78. The van der Waals surface area contributed by atoms with Crippen LogP contribution in [0.15, 0.2) is 54.6 Å². The maximum atomic E-state index is 5.88. The lowest BCUT2D eigenvalue weighted by Gasteiger charge is -2.21. The molecule has 1 unspecified atom stereocenters. The van der Waals surface area contributed by atoms with Crippen LogP contribution in [-0.2, 0) is 0 Å². The first-order valence-electron chi connectivity index (χ1n) is 7.31. The van der Waals surface area contributed by atoms with Crippen molar-refractivity contribution < 1.29 is 9.47 Å².